The Kier molecular flexibility index (Phi) is 7.82. The van der Waals surface area contributed by atoms with E-state index >= 15 is 0 Å². The molecule has 0 aliphatic rings. The van der Waals surface area contributed by atoms with Crippen molar-refractivity contribution < 1.29 is 8.83 Å². The van der Waals surface area contributed by atoms with Gasteiger partial charge in [0.1, 0.15) is 22.3 Å². The van der Waals surface area contributed by atoms with E-state index in [2.05, 4.69) is 210 Å². The van der Waals surface area contributed by atoms with E-state index in [0.717, 1.165) is 83.3 Å². The highest BCUT2D eigenvalue weighted by molar-refractivity contribution is 7.25. The second-order valence-electron chi connectivity index (χ2n) is 16.8. The average Bonchev–Trinajstić information content (AvgIpc) is 4.13. The van der Waals surface area contributed by atoms with E-state index < -0.39 is 0 Å². The molecule has 0 bridgehead atoms. The number of hydrogen-bond donors (Lipinski definition) is 0. The van der Waals surface area contributed by atoms with Gasteiger partial charge in [0.05, 0.1) is 22.1 Å². The van der Waals surface area contributed by atoms with Crippen LogP contribution in [0.3, 0.4) is 0 Å². The van der Waals surface area contributed by atoms with Crippen LogP contribution in [0.15, 0.2) is 227 Å². The summed E-state index contributed by atoms with van der Waals surface area (Å²) in [5.74, 6) is 0. The summed E-state index contributed by atoms with van der Waals surface area (Å²) in [5.41, 5.74) is 14.4. The molecule has 14 aromatic rings. The minimum atomic E-state index is 0.842. The molecule has 0 spiro atoms. The Morgan fingerprint density at radius 2 is 0.954 bits per heavy atom. The summed E-state index contributed by atoms with van der Waals surface area (Å²) in [6.45, 7) is 0. The Balaban J connectivity index is 0.936. The summed E-state index contributed by atoms with van der Waals surface area (Å²) in [4.78, 5) is 2.35. The van der Waals surface area contributed by atoms with E-state index in [0.29, 0.717) is 0 Å². The lowest BCUT2D eigenvalue weighted by Crippen LogP contribution is -2.10. The fourth-order valence-electron chi connectivity index (χ4n) is 10.2. The van der Waals surface area contributed by atoms with Crippen LogP contribution in [0.25, 0.3) is 114 Å². The van der Waals surface area contributed by atoms with Gasteiger partial charge in [-0.25, -0.2) is 0 Å². The van der Waals surface area contributed by atoms with Crippen molar-refractivity contribution in [3.63, 3.8) is 0 Å². The Bertz CT molecular complexity index is 4130. The van der Waals surface area contributed by atoms with Crippen molar-refractivity contribution in [3.8, 4) is 27.9 Å². The van der Waals surface area contributed by atoms with Gasteiger partial charge in [-0.3, -0.25) is 0 Å². The molecule has 0 fully saturated rings. The molecule has 0 aliphatic carbocycles. The average molecular weight is 849 g/mol. The first-order chi connectivity index (χ1) is 32.2. The van der Waals surface area contributed by atoms with Crippen LogP contribution in [-0.2, 0) is 0 Å². The number of furan rings is 2. The van der Waals surface area contributed by atoms with E-state index in [4.69, 9.17) is 8.83 Å². The molecule has 4 aromatic heterocycles. The molecule has 0 radical (unpaired) electrons. The Hall–Kier alpha value is -8.38. The molecule has 14 rings (SSSR count). The maximum atomic E-state index is 6.91. The van der Waals surface area contributed by atoms with Crippen molar-refractivity contribution in [1.29, 1.82) is 0 Å². The predicted molar refractivity (Wildman–Crippen MR) is 274 cm³/mol. The number of benzene rings is 10. The van der Waals surface area contributed by atoms with Crippen LogP contribution in [0, 0.1) is 0 Å². The predicted octanol–water partition coefficient (Wildman–Crippen LogP) is 17.8. The van der Waals surface area contributed by atoms with E-state index in [1.54, 1.807) is 0 Å². The fourth-order valence-corrected chi connectivity index (χ4v) is 11.3. The Labute approximate surface area is 377 Å². The normalized spacial score (nSPS) is 12.0. The molecule has 65 heavy (non-hydrogen) atoms. The lowest BCUT2D eigenvalue weighted by atomic mass is 9.99. The van der Waals surface area contributed by atoms with Crippen molar-refractivity contribution in [1.82, 2.24) is 4.57 Å². The summed E-state index contributed by atoms with van der Waals surface area (Å²) in [6.07, 6.45) is 0. The Morgan fingerprint density at radius 1 is 0.369 bits per heavy atom. The fraction of sp³-hybridized carbons (Fsp3) is 0. The van der Waals surface area contributed by atoms with Crippen molar-refractivity contribution in [2.75, 3.05) is 4.90 Å². The van der Waals surface area contributed by atoms with E-state index in [-0.39, 0.29) is 0 Å². The van der Waals surface area contributed by atoms with Crippen LogP contribution in [0.1, 0.15) is 0 Å². The third-order valence-corrected chi connectivity index (χ3v) is 14.4. The van der Waals surface area contributed by atoms with Gasteiger partial charge in [0.15, 0.2) is 0 Å². The Morgan fingerprint density at radius 3 is 1.72 bits per heavy atom. The lowest BCUT2D eigenvalue weighted by molar-refractivity contribution is 0.669. The number of rotatable bonds is 6. The van der Waals surface area contributed by atoms with E-state index in [9.17, 15) is 0 Å². The molecule has 0 N–H and O–H groups in total. The molecule has 0 unspecified atom stereocenters. The lowest BCUT2D eigenvalue weighted by Gasteiger charge is -2.27. The number of hydrogen-bond acceptors (Lipinski definition) is 4. The number of thiophene rings is 1. The minimum Gasteiger partial charge on any atom is -0.456 e. The standard InChI is InChI=1S/C60H36N2O2S/c1-6-16-51-44(11-1)45-12-2-7-17-52(45)62(51)41-28-23-38(24-29-41)43-32-33-53(59-49-15-4-9-19-55(49)64-60(43)59)61(42-30-31-47-46-13-3-8-18-54(46)63-56(47)36-42)40-26-21-37(22-27-40)39-25-34-58-50(35-39)48-14-5-10-20-57(48)65-58/h1-36H. The molecule has 0 saturated heterocycles. The van der Waals surface area contributed by atoms with Crippen LogP contribution in [-0.4, -0.2) is 4.57 Å². The molecule has 5 heteroatoms. The van der Waals surface area contributed by atoms with Gasteiger partial charge >= 0.3 is 0 Å². The molecule has 0 atom stereocenters. The second kappa shape index (κ2) is 14.1. The van der Waals surface area contributed by atoms with Gasteiger partial charge in [-0.2, -0.15) is 0 Å². The summed E-state index contributed by atoms with van der Waals surface area (Å²) in [6, 6.07) is 78.4. The zero-order valence-electron chi connectivity index (χ0n) is 34.9. The van der Waals surface area contributed by atoms with Crippen LogP contribution in [0.5, 0.6) is 0 Å². The number of anilines is 3. The van der Waals surface area contributed by atoms with Gasteiger partial charge in [0.2, 0.25) is 0 Å². The highest BCUT2D eigenvalue weighted by atomic mass is 32.1. The molecular formula is C60H36N2O2S. The van der Waals surface area contributed by atoms with Crippen molar-refractivity contribution in [2.24, 2.45) is 0 Å². The van der Waals surface area contributed by atoms with Crippen LogP contribution in [0.4, 0.5) is 17.1 Å². The maximum absolute atomic E-state index is 6.91. The monoisotopic (exact) mass is 848 g/mol. The van der Waals surface area contributed by atoms with Crippen LogP contribution >= 0.6 is 11.3 Å². The van der Waals surface area contributed by atoms with Gasteiger partial charge in [-0.15, -0.1) is 11.3 Å². The zero-order chi connectivity index (χ0) is 42.6. The largest absolute Gasteiger partial charge is 0.456 e. The number of aromatic nitrogens is 1. The molecule has 0 saturated carbocycles. The minimum absolute atomic E-state index is 0.842. The highest BCUT2D eigenvalue weighted by Crippen LogP contribution is 2.48. The van der Waals surface area contributed by atoms with Gasteiger partial charge in [0.25, 0.3) is 0 Å². The first-order valence-electron chi connectivity index (χ1n) is 22.0. The van der Waals surface area contributed by atoms with Crippen molar-refractivity contribution in [2.45, 2.75) is 0 Å². The van der Waals surface area contributed by atoms with Crippen molar-refractivity contribution in [3.05, 3.63) is 218 Å². The third-order valence-electron chi connectivity index (χ3n) is 13.2. The summed E-state index contributed by atoms with van der Waals surface area (Å²) in [7, 11) is 0. The SMILES string of the molecule is c1ccc2c(c1)oc1cc(N(c3ccc(-c4ccc5sc6ccccc6c5c4)cc3)c3ccc(-c4ccc(-n5c6ccccc6c6ccccc65)cc4)c4oc5ccccc5c34)ccc12. The summed E-state index contributed by atoms with van der Waals surface area (Å²) in [5, 5.41) is 9.40. The smallest absolute Gasteiger partial charge is 0.145 e. The summed E-state index contributed by atoms with van der Waals surface area (Å²) < 4.78 is 18.4. The number of nitrogens with zero attached hydrogens (tertiary/aromatic N) is 2. The molecule has 0 aliphatic heterocycles. The quantitative estimate of drug-likeness (QED) is 0.167. The number of fused-ring (bicyclic) bond motifs is 12. The first-order valence-corrected chi connectivity index (χ1v) is 22.8. The molecule has 304 valence electrons. The van der Waals surface area contributed by atoms with Gasteiger partial charge in [0, 0.05) is 75.8 Å². The first kappa shape index (κ1) is 36.1. The topological polar surface area (TPSA) is 34.5 Å². The van der Waals surface area contributed by atoms with Gasteiger partial charge < -0.3 is 18.3 Å². The molecular weight excluding hydrogens is 813 g/mol. The van der Waals surface area contributed by atoms with Crippen molar-refractivity contribution >= 4 is 114 Å². The van der Waals surface area contributed by atoms with E-state index in [1.807, 2.05) is 29.5 Å². The summed E-state index contributed by atoms with van der Waals surface area (Å²) >= 11 is 1.85. The second-order valence-corrected chi connectivity index (χ2v) is 17.9. The molecule has 0 amide bonds. The van der Waals surface area contributed by atoms with E-state index in [1.165, 1.54) is 47.5 Å². The van der Waals surface area contributed by atoms with Crippen LogP contribution < -0.4 is 4.90 Å². The zero-order valence-corrected chi connectivity index (χ0v) is 35.7. The van der Waals surface area contributed by atoms with Gasteiger partial charge in [-0.1, -0.05) is 121 Å². The van der Waals surface area contributed by atoms with Gasteiger partial charge in [-0.05, 0) is 108 Å². The highest BCUT2D eigenvalue weighted by Gasteiger charge is 2.24. The molecule has 10 aromatic carbocycles. The molecule has 4 heterocycles. The number of para-hydroxylation sites is 4. The van der Waals surface area contributed by atoms with Crippen LogP contribution in [0.2, 0.25) is 0 Å². The molecule has 4 nitrogen and oxygen atoms in total. The maximum Gasteiger partial charge on any atom is 0.145 e. The third kappa shape index (κ3) is 5.56.